The van der Waals surface area contributed by atoms with Crippen LogP contribution in [0.3, 0.4) is 0 Å². The summed E-state index contributed by atoms with van der Waals surface area (Å²) in [4.78, 5) is 35.7. The van der Waals surface area contributed by atoms with E-state index < -0.39 is 41.6 Å². The summed E-state index contributed by atoms with van der Waals surface area (Å²) in [5.74, 6) is -4.65. The highest BCUT2D eigenvalue weighted by molar-refractivity contribution is 6.17. The van der Waals surface area contributed by atoms with E-state index in [0.29, 0.717) is 6.07 Å². The number of hydrogen-bond acceptors (Lipinski definition) is 6. The molecule has 0 fully saturated rings. The molecule has 1 aromatic carbocycles. The van der Waals surface area contributed by atoms with Crippen molar-refractivity contribution in [3.05, 3.63) is 41.1 Å². The quantitative estimate of drug-likeness (QED) is 0.601. The minimum absolute atomic E-state index is 0.210. The number of aliphatic hydroxyl groups excluding tert-OH is 1. The second-order valence-corrected chi connectivity index (χ2v) is 4.51. The Morgan fingerprint density at radius 2 is 2.00 bits per heavy atom. The van der Waals surface area contributed by atoms with Crippen LogP contribution in [-0.2, 0) is 14.3 Å². The number of rotatable bonds is 5. The predicted molar refractivity (Wildman–Crippen MR) is 73.2 cm³/mol. The van der Waals surface area contributed by atoms with E-state index in [4.69, 9.17) is 5.11 Å². The van der Waals surface area contributed by atoms with Gasteiger partial charge in [0.05, 0.1) is 31.5 Å². The molecule has 0 aliphatic carbocycles. The Bertz CT molecular complexity index is 717. The normalized spacial score (nSPS) is 14.1. The lowest BCUT2D eigenvalue weighted by atomic mass is 10.1. The van der Waals surface area contributed by atoms with Gasteiger partial charge in [-0.15, -0.1) is 0 Å². The number of carbonyl (C=O) groups excluding carboxylic acids is 3. The molecule has 23 heavy (non-hydrogen) atoms. The Hall–Kier alpha value is -2.81. The van der Waals surface area contributed by atoms with Gasteiger partial charge in [0.1, 0.15) is 17.3 Å². The van der Waals surface area contributed by atoms with Crippen molar-refractivity contribution >= 4 is 23.5 Å². The van der Waals surface area contributed by atoms with E-state index in [1.165, 1.54) is 0 Å². The number of methoxy groups -OCH3 is 1. The summed E-state index contributed by atoms with van der Waals surface area (Å²) in [6.07, 6.45) is 0.915. The van der Waals surface area contributed by atoms with Gasteiger partial charge in [0, 0.05) is 12.1 Å². The average Bonchev–Trinajstić information content (AvgIpc) is 2.77. The van der Waals surface area contributed by atoms with Gasteiger partial charge in [-0.1, -0.05) is 0 Å². The lowest BCUT2D eigenvalue weighted by molar-refractivity contribution is -0.137. The number of carbonyl (C=O) groups is 3. The SMILES string of the molecule is COC(=O)c1cc(NC2=CC(=O)N(CCO)C2=O)c(F)cc1F. The zero-order valence-electron chi connectivity index (χ0n) is 11.9. The van der Waals surface area contributed by atoms with Gasteiger partial charge in [0.25, 0.3) is 11.8 Å². The van der Waals surface area contributed by atoms with Gasteiger partial charge in [0.15, 0.2) is 0 Å². The standard InChI is InChI=1S/C14H12F2N2O5/c1-23-14(22)7-4-10(9(16)5-8(7)15)17-11-6-12(20)18(2-3-19)13(11)21/h4-6,17,19H,2-3H2,1H3. The molecule has 2 rings (SSSR count). The molecular weight excluding hydrogens is 314 g/mol. The molecule has 7 nitrogen and oxygen atoms in total. The van der Waals surface area contributed by atoms with Crippen molar-refractivity contribution in [2.45, 2.75) is 0 Å². The van der Waals surface area contributed by atoms with Crippen molar-refractivity contribution in [1.29, 1.82) is 0 Å². The number of benzene rings is 1. The molecule has 0 atom stereocenters. The zero-order chi connectivity index (χ0) is 17.1. The first-order chi connectivity index (χ1) is 10.9. The molecule has 0 saturated carbocycles. The third kappa shape index (κ3) is 3.19. The predicted octanol–water partition coefficient (Wildman–Crippen LogP) is 0.408. The van der Waals surface area contributed by atoms with Crippen LogP contribution in [-0.4, -0.2) is 48.1 Å². The second kappa shape index (κ2) is 6.53. The van der Waals surface area contributed by atoms with Gasteiger partial charge in [-0.2, -0.15) is 0 Å². The van der Waals surface area contributed by atoms with Crippen molar-refractivity contribution in [2.75, 3.05) is 25.6 Å². The Balaban J connectivity index is 2.31. The van der Waals surface area contributed by atoms with Crippen molar-refractivity contribution < 1.29 is 33.0 Å². The first kappa shape index (κ1) is 16.6. The summed E-state index contributed by atoms with van der Waals surface area (Å²) in [5, 5.41) is 11.1. The molecule has 9 heteroatoms. The number of aliphatic hydroxyl groups is 1. The maximum absolute atomic E-state index is 13.8. The summed E-state index contributed by atoms with van der Waals surface area (Å²) >= 11 is 0. The summed E-state index contributed by atoms with van der Waals surface area (Å²) < 4.78 is 31.7. The highest BCUT2D eigenvalue weighted by Gasteiger charge is 2.31. The number of nitrogens with zero attached hydrogens (tertiary/aromatic N) is 1. The Kier molecular flexibility index (Phi) is 4.70. The van der Waals surface area contributed by atoms with Gasteiger partial charge in [-0.05, 0) is 6.07 Å². The highest BCUT2D eigenvalue weighted by Crippen LogP contribution is 2.23. The number of anilines is 1. The summed E-state index contributed by atoms with van der Waals surface area (Å²) in [7, 11) is 1.03. The highest BCUT2D eigenvalue weighted by atomic mass is 19.1. The zero-order valence-corrected chi connectivity index (χ0v) is 11.9. The van der Waals surface area contributed by atoms with Crippen LogP contribution >= 0.6 is 0 Å². The number of β-amino-alcohol motifs (C(OH)–C–C–N with tert-alkyl or cyclic N) is 1. The topological polar surface area (TPSA) is 95.9 Å². The van der Waals surface area contributed by atoms with Crippen molar-refractivity contribution in [1.82, 2.24) is 4.90 Å². The van der Waals surface area contributed by atoms with Crippen molar-refractivity contribution in [3.8, 4) is 0 Å². The lowest BCUT2D eigenvalue weighted by Gasteiger charge is -2.14. The molecule has 2 N–H and O–H groups in total. The summed E-state index contributed by atoms with van der Waals surface area (Å²) in [6.45, 7) is -0.630. The van der Waals surface area contributed by atoms with Gasteiger partial charge >= 0.3 is 5.97 Å². The van der Waals surface area contributed by atoms with Gasteiger partial charge in [-0.25, -0.2) is 13.6 Å². The number of imide groups is 1. The smallest absolute Gasteiger partial charge is 0.340 e. The number of ether oxygens (including phenoxy) is 1. The molecule has 0 saturated heterocycles. The molecule has 0 aromatic heterocycles. The van der Waals surface area contributed by atoms with Crippen molar-refractivity contribution in [3.63, 3.8) is 0 Å². The number of halogens is 2. The molecular formula is C14H12F2N2O5. The second-order valence-electron chi connectivity index (χ2n) is 4.51. The minimum atomic E-state index is -1.12. The fourth-order valence-electron chi connectivity index (χ4n) is 1.97. The van der Waals surface area contributed by atoms with E-state index in [2.05, 4.69) is 10.1 Å². The van der Waals surface area contributed by atoms with Crippen LogP contribution < -0.4 is 5.32 Å². The Morgan fingerprint density at radius 3 is 2.61 bits per heavy atom. The number of hydrogen-bond donors (Lipinski definition) is 2. The maximum atomic E-state index is 13.8. The molecule has 0 unspecified atom stereocenters. The average molecular weight is 326 g/mol. The van der Waals surface area contributed by atoms with E-state index in [0.717, 1.165) is 24.2 Å². The fourth-order valence-corrected chi connectivity index (χ4v) is 1.97. The molecule has 0 spiro atoms. The van der Waals surface area contributed by atoms with E-state index in [9.17, 15) is 23.2 Å². The van der Waals surface area contributed by atoms with Crippen LogP contribution in [0.2, 0.25) is 0 Å². The van der Waals surface area contributed by atoms with Crippen molar-refractivity contribution in [2.24, 2.45) is 0 Å². The molecule has 1 aliphatic heterocycles. The van der Waals surface area contributed by atoms with Crippen LogP contribution in [0, 0.1) is 11.6 Å². The molecule has 1 aromatic rings. The summed E-state index contributed by atoms with van der Waals surface area (Å²) in [6, 6.07) is 1.30. The molecule has 122 valence electrons. The van der Waals surface area contributed by atoms with Gasteiger partial charge in [-0.3, -0.25) is 14.5 Å². The van der Waals surface area contributed by atoms with E-state index >= 15 is 0 Å². The van der Waals surface area contributed by atoms with Gasteiger partial charge in [0.2, 0.25) is 0 Å². The molecule has 0 bridgehead atoms. The molecule has 0 radical (unpaired) electrons. The van der Waals surface area contributed by atoms with E-state index in [1.807, 2.05) is 0 Å². The first-order valence-electron chi connectivity index (χ1n) is 6.41. The number of nitrogens with one attached hydrogen (secondary N) is 1. The third-order valence-electron chi connectivity index (χ3n) is 3.06. The van der Waals surface area contributed by atoms with Crippen LogP contribution in [0.1, 0.15) is 10.4 Å². The Labute approximate surface area is 129 Å². The Morgan fingerprint density at radius 1 is 1.30 bits per heavy atom. The molecule has 2 amide bonds. The van der Waals surface area contributed by atoms with E-state index in [-0.39, 0.29) is 17.9 Å². The lowest BCUT2D eigenvalue weighted by Crippen LogP contribution is -2.34. The van der Waals surface area contributed by atoms with Crippen LogP contribution in [0.15, 0.2) is 23.9 Å². The minimum Gasteiger partial charge on any atom is -0.465 e. The summed E-state index contributed by atoms with van der Waals surface area (Å²) in [5.41, 5.74) is -1.16. The number of amides is 2. The maximum Gasteiger partial charge on any atom is 0.340 e. The van der Waals surface area contributed by atoms with Gasteiger partial charge < -0.3 is 15.2 Å². The van der Waals surface area contributed by atoms with E-state index in [1.54, 1.807) is 0 Å². The first-order valence-corrected chi connectivity index (χ1v) is 6.41. The van der Waals surface area contributed by atoms with Crippen LogP contribution in [0.5, 0.6) is 0 Å². The van der Waals surface area contributed by atoms with Crippen LogP contribution in [0.25, 0.3) is 0 Å². The van der Waals surface area contributed by atoms with Crippen LogP contribution in [0.4, 0.5) is 14.5 Å². The number of esters is 1. The molecule has 1 heterocycles. The largest absolute Gasteiger partial charge is 0.465 e. The fraction of sp³-hybridized carbons (Fsp3) is 0.214. The monoisotopic (exact) mass is 326 g/mol. The molecule has 1 aliphatic rings. The third-order valence-corrected chi connectivity index (χ3v) is 3.06.